The van der Waals surface area contributed by atoms with Gasteiger partial charge in [0.1, 0.15) is 0 Å². The van der Waals surface area contributed by atoms with Crippen molar-refractivity contribution in [3.05, 3.63) is 18.0 Å². The van der Waals surface area contributed by atoms with Crippen molar-refractivity contribution in [2.45, 2.75) is 29.6 Å². The van der Waals surface area contributed by atoms with Gasteiger partial charge < -0.3 is 10.3 Å². The van der Waals surface area contributed by atoms with Gasteiger partial charge >= 0.3 is 0 Å². The average Bonchev–Trinajstić information content (AvgIpc) is 3.01. The summed E-state index contributed by atoms with van der Waals surface area (Å²) in [7, 11) is 0. The van der Waals surface area contributed by atoms with Crippen molar-refractivity contribution in [2.24, 2.45) is 0 Å². The molecule has 0 spiro atoms. The van der Waals surface area contributed by atoms with E-state index >= 15 is 0 Å². The molecular formula is C12H15N3OS3. The molecule has 3 heterocycles. The van der Waals surface area contributed by atoms with Gasteiger partial charge in [-0.05, 0) is 12.1 Å². The number of hydrogen-bond donors (Lipinski definition) is 1. The van der Waals surface area contributed by atoms with E-state index in [0.717, 1.165) is 21.5 Å². The summed E-state index contributed by atoms with van der Waals surface area (Å²) in [6.07, 6.45) is 0. The van der Waals surface area contributed by atoms with Crippen molar-refractivity contribution in [1.82, 2.24) is 10.1 Å². The first kappa shape index (κ1) is 13.3. The van der Waals surface area contributed by atoms with Gasteiger partial charge in [-0.1, -0.05) is 19.0 Å². The second-order valence-corrected chi connectivity index (χ2v) is 8.64. The molecule has 0 bridgehead atoms. The van der Waals surface area contributed by atoms with Crippen molar-refractivity contribution in [2.75, 3.05) is 11.5 Å². The smallest absolute Gasteiger partial charge is 0.268 e. The number of aromatic nitrogens is 2. The minimum atomic E-state index is 0.325. The molecule has 3 rings (SSSR count). The molecule has 0 saturated carbocycles. The predicted octanol–water partition coefficient (Wildman–Crippen LogP) is 3.68. The standard InChI is InChI=1S/C12H15N3OS3/c1-6-7(2)18-9(5-17-6)11-14-12(16-15-11)8-3-4-10(13)19-8/h3-4,6-7,9H,5,13H2,1-2H3. The Morgan fingerprint density at radius 1 is 1.32 bits per heavy atom. The number of anilines is 1. The molecule has 3 atom stereocenters. The molecule has 1 fully saturated rings. The van der Waals surface area contributed by atoms with Crippen LogP contribution in [0.5, 0.6) is 0 Å². The van der Waals surface area contributed by atoms with Gasteiger partial charge in [-0.15, -0.1) is 23.1 Å². The van der Waals surface area contributed by atoms with Crippen LogP contribution in [-0.2, 0) is 0 Å². The van der Waals surface area contributed by atoms with Crippen LogP contribution in [0.1, 0.15) is 24.9 Å². The molecule has 2 aromatic heterocycles. The number of thioether (sulfide) groups is 2. The Morgan fingerprint density at radius 3 is 2.84 bits per heavy atom. The summed E-state index contributed by atoms with van der Waals surface area (Å²) in [5.74, 6) is 2.42. The van der Waals surface area contributed by atoms with Crippen molar-refractivity contribution in [3.8, 4) is 10.8 Å². The number of rotatable bonds is 2. The first-order chi connectivity index (χ1) is 9.13. The lowest BCUT2D eigenvalue weighted by Crippen LogP contribution is -2.22. The van der Waals surface area contributed by atoms with E-state index in [0.29, 0.717) is 21.6 Å². The van der Waals surface area contributed by atoms with Crippen LogP contribution in [0.15, 0.2) is 16.7 Å². The number of hydrogen-bond acceptors (Lipinski definition) is 7. The molecule has 3 unspecified atom stereocenters. The summed E-state index contributed by atoms with van der Waals surface area (Å²) >= 11 is 5.38. The third kappa shape index (κ3) is 2.78. The molecule has 0 amide bonds. The Kier molecular flexibility index (Phi) is 3.77. The van der Waals surface area contributed by atoms with Gasteiger partial charge in [0, 0.05) is 16.3 Å². The van der Waals surface area contributed by atoms with Gasteiger partial charge in [0.25, 0.3) is 5.89 Å². The Labute approximate surface area is 124 Å². The topological polar surface area (TPSA) is 64.9 Å². The fraction of sp³-hybridized carbons (Fsp3) is 0.500. The van der Waals surface area contributed by atoms with Gasteiger partial charge in [0.15, 0.2) is 5.82 Å². The Morgan fingerprint density at radius 2 is 2.16 bits per heavy atom. The van der Waals surface area contributed by atoms with E-state index in [-0.39, 0.29) is 0 Å². The first-order valence-corrected chi connectivity index (χ1v) is 8.90. The highest BCUT2D eigenvalue weighted by molar-refractivity contribution is 8.07. The van der Waals surface area contributed by atoms with E-state index in [1.807, 2.05) is 35.7 Å². The highest BCUT2D eigenvalue weighted by Crippen LogP contribution is 2.43. The van der Waals surface area contributed by atoms with E-state index in [9.17, 15) is 0 Å². The zero-order valence-electron chi connectivity index (χ0n) is 10.7. The molecule has 2 N–H and O–H groups in total. The summed E-state index contributed by atoms with van der Waals surface area (Å²) in [5, 5.41) is 6.52. The van der Waals surface area contributed by atoms with Crippen molar-refractivity contribution < 1.29 is 4.52 Å². The van der Waals surface area contributed by atoms with E-state index < -0.39 is 0 Å². The molecule has 0 aliphatic carbocycles. The van der Waals surface area contributed by atoms with Crippen LogP contribution in [-0.4, -0.2) is 26.4 Å². The molecule has 19 heavy (non-hydrogen) atoms. The summed E-state index contributed by atoms with van der Waals surface area (Å²) in [5.41, 5.74) is 5.72. The van der Waals surface area contributed by atoms with Crippen LogP contribution in [0.2, 0.25) is 0 Å². The van der Waals surface area contributed by atoms with Crippen molar-refractivity contribution >= 4 is 39.9 Å². The lowest BCUT2D eigenvalue weighted by Gasteiger charge is -2.29. The van der Waals surface area contributed by atoms with Gasteiger partial charge in [-0.3, -0.25) is 0 Å². The maximum atomic E-state index is 5.72. The Bertz CT molecular complexity index is 568. The normalized spacial score (nSPS) is 27.6. The van der Waals surface area contributed by atoms with E-state index in [4.69, 9.17) is 10.3 Å². The van der Waals surface area contributed by atoms with Crippen LogP contribution in [0, 0.1) is 0 Å². The largest absolute Gasteiger partial charge is 0.391 e. The molecule has 1 aliphatic heterocycles. The van der Waals surface area contributed by atoms with Crippen LogP contribution in [0.3, 0.4) is 0 Å². The molecule has 0 aromatic carbocycles. The highest BCUT2D eigenvalue weighted by atomic mass is 32.2. The maximum absolute atomic E-state index is 5.72. The zero-order valence-corrected chi connectivity index (χ0v) is 13.1. The third-order valence-electron chi connectivity index (χ3n) is 3.12. The molecule has 4 nitrogen and oxygen atoms in total. The van der Waals surface area contributed by atoms with Crippen molar-refractivity contribution in [1.29, 1.82) is 0 Å². The molecule has 7 heteroatoms. The molecule has 102 valence electrons. The number of nitrogens with two attached hydrogens (primary N) is 1. The predicted molar refractivity (Wildman–Crippen MR) is 83.7 cm³/mol. The van der Waals surface area contributed by atoms with E-state index in [1.165, 1.54) is 11.3 Å². The van der Waals surface area contributed by atoms with Crippen LogP contribution >= 0.6 is 34.9 Å². The fourth-order valence-electron chi connectivity index (χ4n) is 1.85. The van der Waals surface area contributed by atoms with Gasteiger partial charge in [0.05, 0.1) is 15.1 Å². The number of nitrogens with zero attached hydrogens (tertiary/aromatic N) is 2. The maximum Gasteiger partial charge on any atom is 0.268 e. The lowest BCUT2D eigenvalue weighted by atomic mass is 10.3. The van der Waals surface area contributed by atoms with Gasteiger partial charge in [0.2, 0.25) is 0 Å². The Balaban J connectivity index is 1.78. The SMILES string of the molecule is CC1SCC(c2noc(-c3ccc(N)s3)n2)SC1C. The molecule has 0 radical (unpaired) electrons. The van der Waals surface area contributed by atoms with Crippen molar-refractivity contribution in [3.63, 3.8) is 0 Å². The van der Waals surface area contributed by atoms with Gasteiger partial charge in [-0.2, -0.15) is 16.7 Å². The number of nitrogen functional groups attached to an aromatic ring is 1. The minimum absolute atomic E-state index is 0.325. The molecule has 1 saturated heterocycles. The molecule has 1 aliphatic rings. The monoisotopic (exact) mass is 313 g/mol. The minimum Gasteiger partial charge on any atom is -0.391 e. The molecule has 2 aromatic rings. The Hall–Kier alpha value is -0.660. The third-order valence-corrected chi connectivity index (χ3v) is 7.41. The second-order valence-electron chi connectivity index (χ2n) is 4.53. The van der Waals surface area contributed by atoms with Crippen LogP contribution in [0.25, 0.3) is 10.8 Å². The summed E-state index contributed by atoms with van der Waals surface area (Å²) in [4.78, 5) is 5.46. The zero-order chi connectivity index (χ0) is 13.4. The van der Waals surface area contributed by atoms with E-state index in [2.05, 4.69) is 24.0 Å². The summed E-state index contributed by atoms with van der Waals surface area (Å²) < 4.78 is 5.35. The lowest BCUT2D eigenvalue weighted by molar-refractivity contribution is 0.423. The van der Waals surface area contributed by atoms with E-state index in [1.54, 1.807) is 0 Å². The average molecular weight is 313 g/mol. The van der Waals surface area contributed by atoms with Crippen LogP contribution < -0.4 is 5.73 Å². The summed E-state index contributed by atoms with van der Waals surface area (Å²) in [6.45, 7) is 4.53. The van der Waals surface area contributed by atoms with Crippen LogP contribution in [0.4, 0.5) is 5.00 Å². The first-order valence-electron chi connectivity index (χ1n) is 6.10. The highest BCUT2D eigenvalue weighted by Gasteiger charge is 2.30. The number of thiophene rings is 1. The quantitative estimate of drug-likeness (QED) is 0.912. The fourth-order valence-corrected chi connectivity index (χ4v) is 5.38. The molecular weight excluding hydrogens is 298 g/mol. The van der Waals surface area contributed by atoms with Gasteiger partial charge in [-0.25, -0.2) is 0 Å². The summed E-state index contributed by atoms with van der Waals surface area (Å²) in [6, 6.07) is 3.78. The second kappa shape index (κ2) is 5.38.